The summed E-state index contributed by atoms with van der Waals surface area (Å²) in [6.07, 6.45) is 2.70. The fourth-order valence-electron chi connectivity index (χ4n) is 5.47. The molecule has 0 aliphatic rings. The highest BCUT2D eigenvalue weighted by molar-refractivity contribution is 5.83. The van der Waals surface area contributed by atoms with Crippen molar-refractivity contribution < 1.29 is 35.4 Å². The van der Waals surface area contributed by atoms with Gasteiger partial charge in [0.15, 0.2) is 0 Å². The molecule has 0 atom stereocenters. The zero-order chi connectivity index (χ0) is 40.6. The SMILES string of the molecule is CC(C)c1cccc(C(C)C)c1N.CC(C)c1cccc(C(C)C)c1N=Cc1ccc(OCCOCCO)cc1.O=Cc1ccc(OCCOCCO)cc1.[3HH]. The number of para-hydroxylation sites is 2. The monoisotopic (exact) mass is 760 g/mol. The molecule has 9 heteroatoms. The molecule has 4 aromatic carbocycles. The number of anilines is 1. The summed E-state index contributed by atoms with van der Waals surface area (Å²) in [4.78, 5) is 15.2. The van der Waals surface area contributed by atoms with E-state index in [1.807, 2.05) is 30.5 Å². The lowest BCUT2D eigenvalue weighted by molar-refractivity contribution is 0.0705. The number of aliphatic imine (C=N–C) groups is 1. The summed E-state index contributed by atoms with van der Waals surface area (Å²) in [6, 6.07) is 27.5. The lowest BCUT2D eigenvalue weighted by Crippen LogP contribution is -2.09. The molecule has 9 nitrogen and oxygen atoms in total. The van der Waals surface area contributed by atoms with Gasteiger partial charge in [0.05, 0.1) is 45.3 Å². The molecule has 302 valence electrons. The summed E-state index contributed by atoms with van der Waals surface area (Å²) < 4.78 is 21.1. The first kappa shape index (κ1) is 46.6. The van der Waals surface area contributed by atoms with Gasteiger partial charge in [-0.05, 0) is 100 Å². The quantitative estimate of drug-likeness (QED) is 0.0373. The summed E-state index contributed by atoms with van der Waals surface area (Å²) in [5, 5.41) is 17.1. The van der Waals surface area contributed by atoms with E-state index in [2.05, 4.69) is 91.8 Å². The smallest absolute Gasteiger partial charge is 0.150 e. The van der Waals surface area contributed by atoms with Gasteiger partial charge in [-0.15, -0.1) is 0 Å². The second-order valence-electron chi connectivity index (χ2n) is 14.1. The molecule has 0 fully saturated rings. The van der Waals surface area contributed by atoms with Gasteiger partial charge >= 0.3 is 0 Å². The standard InChI is InChI=1S/C23H31NO3.C12H19N.C11H14O4.H2/c1-17(2)21-6-5-7-22(18(3)4)23(21)24-16-19-8-10-20(11-9-19)27-15-14-26-13-12-25;1-8(2)10-6-5-7-11(9(3)4)12(10)13;12-5-6-14-7-8-15-11-3-1-10(9-13)2-4-11;/h5-11,16-18,25H,12-15H2,1-4H3;5-9H,13H2,1-4H3;1-4,9,12H,5-8H2;1H/i;;;1+2. The molecule has 0 unspecified atom stereocenters. The summed E-state index contributed by atoms with van der Waals surface area (Å²) in [6.45, 7) is 20.0. The molecule has 0 saturated heterocycles. The van der Waals surface area contributed by atoms with Crippen LogP contribution in [0.1, 0.15) is 119 Å². The number of rotatable bonds is 19. The molecule has 4 rings (SSSR count). The number of aliphatic hydroxyl groups excluding tert-OH is 2. The Balaban J connectivity index is 0.000000457. The molecule has 0 aliphatic carbocycles. The number of hydrogen-bond acceptors (Lipinski definition) is 9. The van der Waals surface area contributed by atoms with Crippen LogP contribution >= 0.6 is 0 Å². The van der Waals surface area contributed by atoms with E-state index in [1.165, 1.54) is 22.3 Å². The van der Waals surface area contributed by atoms with Gasteiger partial charge in [0, 0.05) is 18.9 Å². The first-order valence-electron chi connectivity index (χ1n) is 19.3. The number of nitrogens with two attached hydrogens (primary N) is 1. The maximum Gasteiger partial charge on any atom is 0.150 e. The third kappa shape index (κ3) is 17.2. The van der Waals surface area contributed by atoms with Crippen molar-refractivity contribution >= 4 is 23.9 Å². The van der Waals surface area contributed by atoms with Crippen LogP contribution in [-0.4, -0.2) is 75.6 Å². The third-order valence-corrected chi connectivity index (χ3v) is 8.46. The van der Waals surface area contributed by atoms with E-state index in [1.54, 1.807) is 24.3 Å². The lowest BCUT2D eigenvalue weighted by Gasteiger charge is -2.16. The van der Waals surface area contributed by atoms with Gasteiger partial charge in [-0.1, -0.05) is 91.8 Å². The molecule has 55 heavy (non-hydrogen) atoms. The van der Waals surface area contributed by atoms with E-state index >= 15 is 0 Å². The Morgan fingerprint density at radius 2 is 0.945 bits per heavy atom. The van der Waals surface area contributed by atoms with E-state index in [0.29, 0.717) is 74.6 Å². The predicted octanol–water partition coefficient (Wildman–Crippen LogP) is 9.72. The number of benzene rings is 4. The number of ether oxygens (including phenoxy) is 4. The second-order valence-corrected chi connectivity index (χ2v) is 14.1. The van der Waals surface area contributed by atoms with Crippen LogP contribution in [0.15, 0.2) is 89.9 Å². The number of nitrogen functional groups attached to an aromatic ring is 1. The van der Waals surface area contributed by atoms with Crippen LogP contribution in [0.4, 0.5) is 11.4 Å². The maximum atomic E-state index is 10.4. The van der Waals surface area contributed by atoms with Crippen molar-refractivity contribution in [2.45, 2.75) is 79.1 Å². The van der Waals surface area contributed by atoms with Gasteiger partial charge < -0.3 is 34.9 Å². The molecule has 4 N–H and O–H groups in total. The number of aliphatic hydroxyl groups is 2. The Labute approximate surface area is 331 Å². The van der Waals surface area contributed by atoms with Crippen molar-refractivity contribution in [1.82, 2.24) is 0 Å². The number of carbonyl (C=O) groups is 1. The van der Waals surface area contributed by atoms with E-state index < -0.39 is 0 Å². The topological polar surface area (TPSA) is 133 Å². The van der Waals surface area contributed by atoms with Gasteiger partial charge in [-0.2, -0.15) is 0 Å². The van der Waals surface area contributed by atoms with E-state index in [0.717, 1.165) is 29.0 Å². The van der Waals surface area contributed by atoms with Gasteiger partial charge in [-0.25, -0.2) is 0 Å². The first-order chi connectivity index (χ1) is 26.4. The highest BCUT2D eigenvalue weighted by Crippen LogP contribution is 2.34. The van der Waals surface area contributed by atoms with E-state index in [4.69, 9.17) is 39.9 Å². The fraction of sp³-hybridized carbons (Fsp3) is 0.435. The second kappa shape index (κ2) is 26.3. The van der Waals surface area contributed by atoms with Crippen LogP contribution in [0.5, 0.6) is 11.5 Å². The summed E-state index contributed by atoms with van der Waals surface area (Å²) >= 11 is 0. The zero-order valence-electron chi connectivity index (χ0n) is 34.2. The molecule has 0 spiro atoms. The van der Waals surface area contributed by atoms with E-state index in [9.17, 15) is 4.79 Å². The number of nitrogens with zero attached hydrogens (tertiary/aromatic N) is 1. The van der Waals surface area contributed by atoms with Crippen LogP contribution in [0.25, 0.3) is 0 Å². The minimum Gasteiger partial charge on any atom is -0.491 e. The highest BCUT2D eigenvalue weighted by Gasteiger charge is 2.13. The molecule has 0 heterocycles. The molecular formula is C46H66N2O7. The Kier molecular flexibility index (Phi) is 22.3. The summed E-state index contributed by atoms with van der Waals surface area (Å²) in [5.41, 5.74) is 14.9. The van der Waals surface area contributed by atoms with Crippen LogP contribution < -0.4 is 15.2 Å². The van der Waals surface area contributed by atoms with Crippen LogP contribution in [0.2, 0.25) is 0 Å². The number of aldehydes is 1. The van der Waals surface area contributed by atoms with Gasteiger partial charge in [0.2, 0.25) is 0 Å². The Bertz CT molecular complexity index is 1620. The average Bonchev–Trinajstić information content (AvgIpc) is 3.17. The number of carbonyl (C=O) groups excluding carboxylic acids is 1. The maximum absolute atomic E-state index is 10.4. The molecule has 0 aliphatic heterocycles. The Morgan fingerprint density at radius 3 is 1.31 bits per heavy atom. The molecule has 0 saturated carbocycles. The largest absolute Gasteiger partial charge is 0.491 e. The molecule has 0 radical (unpaired) electrons. The summed E-state index contributed by atoms with van der Waals surface area (Å²) in [5.74, 6) is 3.38. The minimum absolute atomic E-state index is 0. The van der Waals surface area contributed by atoms with Crippen LogP contribution in [0, 0.1) is 0 Å². The highest BCUT2D eigenvalue weighted by atomic mass is 16.5. The van der Waals surface area contributed by atoms with Crippen LogP contribution in [-0.2, 0) is 9.47 Å². The first-order valence-corrected chi connectivity index (χ1v) is 19.3. The average molecular weight is 761 g/mol. The van der Waals surface area contributed by atoms with E-state index in [-0.39, 0.29) is 14.6 Å². The van der Waals surface area contributed by atoms with Gasteiger partial charge in [0.1, 0.15) is 31.0 Å². The van der Waals surface area contributed by atoms with Crippen molar-refractivity contribution in [3.8, 4) is 11.5 Å². The number of hydrogen-bond donors (Lipinski definition) is 3. The van der Waals surface area contributed by atoms with Crippen molar-refractivity contribution in [3.63, 3.8) is 0 Å². The van der Waals surface area contributed by atoms with Crippen molar-refractivity contribution in [3.05, 3.63) is 118 Å². The normalized spacial score (nSPS) is 11.1. The predicted molar refractivity (Wildman–Crippen MR) is 228 cm³/mol. The van der Waals surface area contributed by atoms with Gasteiger partial charge in [-0.3, -0.25) is 9.79 Å². The third-order valence-electron chi connectivity index (χ3n) is 8.46. The molecule has 4 aromatic rings. The molecule has 0 amide bonds. The lowest BCUT2D eigenvalue weighted by atomic mass is 9.93. The molecule has 0 aromatic heterocycles. The Morgan fingerprint density at radius 1 is 0.564 bits per heavy atom. The van der Waals surface area contributed by atoms with Crippen LogP contribution in [0.3, 0.4) is 0 Å². The molecular weight excluding hydrogens is 693 g/mol. The van der Waals surface area contributed by atoms with Gasteiger partial charge in [0.25, 0.3) is 0 Å². The Hall–Kier alpha value is -4.54. The zero-order valence-corrected chi connectivity index (χ0v) is 34.2. The minimum atomic E-state index is 0. The van der Waals surface area contributed by atoms with Crippen molar-refractivity contribution in [1.29, 1.82) is 0 Å². The van der Waals surface area contributed by atoms with Crippen molar-refractivity contribution in [2.75, 3.05) is 58.6 Å². The molecule has 0 bridgehead atoms. The summed E-state index contributed by atoms with van der Waals surface area (Å²) in [7, 11) is 0. The fourth-order valence-corrected chi connectivity index (χ4v) is 5.47. The van der Waals surface area contributed by atoms with Crippen molar-refractivity contribution in [2.24, 2.45) is 4.99 Å².